The maximum atomic E-state index is 12.7. The molecule has 0 N–H and O–H groups in total. The highest BCUT2D eigenvalue weighted by Crippen LogP contribution is 2.14. The Kier molecular flexibility index (Phi) is 43.9. The molecule has 0 aromatic heterocycles. The van der Waals surface area contributed by atoms with E-state index in [-0.39, 0.29) is 31.1 Å². The lowest BCUT2D eigenvalue weighted by Crippen LogP contribution is -2.30. The van der Waals surface area contributed by atoms with Gasteiger partial charge < -0.3 is 14.2 Å². The monoisotopic (exact) mass is 789 g/mol. The Morgan fingerprint density at radius 3 is 0.911 bits per heavy atom. The largest absolute Gasteiger partial charge is 0.462 e. The predicted molar refractivity (Wildman–Crippen MR) is 238 cm³/mol. The van der Waals surface area contributed by atoms with Crippen LogP contribution in [0.25, 0.3) is 0 Å². The molecule has 0 aliphatic rings. The van der Waals surface area contributed by atoms with Gasteiger partial charge in [-0.15, -0.1) is 0 Å². The van der Waals surface area contributed by atoms with E-state index in [2.05, 4.69) is 45.1 Å². The van der Waals surface area contributed by atoms with Gasteiger partial charge in [-0.2, -0.15) is 0 Å². The third-order valence-electron chi connectivity index (χ3n) is 10.7. The molecule has 0 amide bonds. The first-order chi connectivity index (χ1) is 27.5. The van der Waals surface area contributed by atoms with Crippen LogP contribution in [0.15, 0.2) is 24.3 Å². The number of allylic oxidation sites excluding steroid dienone is 4. The minimum Gasteiger partial charge on any atom is -0.462 e. The minimum atomic E-state index is -0.772. The highest BCUT2D eigenvalue weighted by Gasteiger charge is 2.19. The minimum absolute atomic E-state index is 0.0745. The van der Waals surface area contributed by atoms with Crippen molar-refractivity contribution in [3.8, 4) is 0 Å². The van der Waals surface area contributed by atoms with Gasteiger partial charge >= 0.3 is 17.9 Å². The lowest BCUT2D eigenvalue weighted by Gasteiger charge is -2.18. The second kappa shape index (κ2) is 45.6. The Labute approximate surface area is 347 Å². The first-order valence-electron chi connectivity index (χ1n) is 24.3. The zero-order valence-electron chi connectivity index (χ0n) is 37.4. The lowest BCUT2D eigenvalue weighted by molar-refractivity contribution is -0.167. The Bertz CT molecular complexity index is 911. The highest BCUT2D eigenvalue weighted by molar-refractivity contribution is 5.71. The Balaban J connectivity index is 4.33. The molecule has 0 spiro atoms. The topological polar surface area (TPSA) is 78.9 Å². The summed E-state index contributed by atoms with van der Waals surface area (Å²) in [6.45, 7) is 6.60. The number of carbonyl (C=O) groups excluding carboxylic acids is 3. The summed E-state index contributed by atoms with van der Waals surface area (Å²) in [6.07, 6.45) is 50.2. The normalized spacial score (nSPS) is 12.1. The van der Waals surface area contributed by atoms with Gasteiger partial charge in [0.15, 0.2) is 6.10 Å². The van der Waals surface area contributed by atoms with Gasteiger partial charge in [-0.05, 0) is 70.6 Å². The van der Waals surface area contributed by atoms with Crippen LogP contribution in [0, 0.1) is 0 Å². The zero-order valence-corrected chi connectivity index (χ0v) is 37.4. The average Bonchev–Trinajstić information content (AvgIpc) is 3.19. The van der Waals surface area contributed by atoms with Crippen molar-refractivity contribution in [1.29, 1.82) is 0 Å². The van der Waals surface area contributed by atoms with E-state index in [4.69, 9.17) is 14.2 Å². The van der Waals surface area contributed by atoms with Crippen LogP contribution >= 0.6 is 0 Å². The Hall–Kier alpha value is -2.11. The molecule has 56 heavy (non-hydrogen) atoms. The summed E-state index contributed by atoms with van der Waals surface area (Å²) < 4.78 is 16.7. The van der Waals surface area contributed by atoms with E-state index in [1.165, 1.54) is 148 Å². The molecule has 6 nitrogen and oxygen atoms in total. The van der Waals surface area contributed by atoms with Gasteiger partial charge in [0.25, 0.3) is 0 Å². The molecule has 0 radical (unpaired) electrons. The molecule has 6 heteroatoms. The van der Waals surface area contributed by atoms with Gasteiger partial charge in [0.2, 0.25) is 0 Å². The van der Waals surface area contributed by atoms with Crippen molar-refractivity contribution in [1.82, 2.24) is 0 Å². The summed E-state index contributed by atoms with van der Waals surface area (Å²) in [5, 5.41) is 0. The fourth-order valence-corrected chi connectivity index (χ4v) is 6.96. The maximum Gasteiger partial charge on any atom is 0.306 e. The molecule has 0 aliphatic heterocycles. The van der Waals surface area contributed by atoms with E-state index in [1.54, 1.807) is 0 Å². The molecule has 0 heterocycles. The second-order valence-corrected chi connectivity index (χ2v) is 16.4. The SMILES string of the molecule is CCCCCC/C=C\CCCCCCCC(=O)O[C@@H](COC(=O)CCCCCCC/C=C\CCCCCCCCC)COC(=O)CCCCCCCCCCC. The van der Waals surface area contributed by atoms with Crippen LogP contribution < -0.4 is 0 Å². The van der Waals surface area contributed by atoms with Crippen molar-refractivity contribution in [2.45, 2.75) is 264 Å². The summed E-state index contributed by atoms with van der Waals surface area (Å²) in [7, 11) is 0. The molecule has 0 saturated heterocycles. The molecule has 328 valence electrons. The first kappa shape index (κ1) is 53.9. The van der Waals surface area contributed by atoms with Gasteiger partial charge in [0, 0.05) is 19.3 Å². The van der Waals surface area contributed by atoms with Crippen molar-refractivity contribution >= 4 is 17.9 Å². The zero-order chi connectivity index (χ0) is 40.8. The van der Waals surface area contributed by atoms with Crippen LogP contribution in [0.1, 0.15) is 258 Å². The molecule has 0 unspecified atom stereocenters. The number of ether oxygens (including phenoxy) is 3. The van der Waals surface area contributed by atoms with Crippen LogP contribution in [0.3, 0.4) is 0 Å². The highest BCUT2D eigenvalue weighted by atomic mass is 16.6. The summed E-state index contributed by atoms with van der Waals surface area (Å²) >= 11 is 0. The predicted octanol–water partition coefficient (Wildman–Crippen LogP) is 15.6. The maximum absolute atomic E-state index is 12.7. The molecular formula is C50H92O6. The van der Waals surface area contributed by atoms with Crippen LogP contribution in [-0.2, 0) is 28.6 Å². The molecule has 0 aromatic carbocycles. The summed E-state index contributed by atoms with van der Waals surface area (Å²) in [5.41, 5.74) is 0. The third kappa shape index (κ3) is 43.0. The quantitative estimate of drug-likeness (QED) is 0.0265. The molecule has 0 aliphatic carbocycles. The Morgan fingerprint density at radius 2 is 0.589 bits per heavy atom. The van der Waals surface area contributed by atoms with Crippen LogP contribution in [0.4, 0.5) is 0 Å². The van der Waals surface area contributed by atoms with Crippen molar-refractivity contribution in [3.05, 3.63) is 24.3 Å². The van der Waals surface area contributed by atoms with E-state index in [1.807, 2.05) is 0 Å². The Morgan fingerprint density at radius 1 is 0.339 bits per heavy atom. The fourth-order valence-electron chi connectivity index (χ4n) is 6.96. The van der Waals surface area contributed by atoms with Crippen molar-refractivity contribution in [2.24, 2.45) is 0 Å². The molecule has 0 rings (SSSR count). The van der Waals surface area contributed by atoms with E-state index >= 15 is 0 Å². The molecule has 0 aromatic rings. The summed E-state index contributed by atoms with van der Waals surface area (Å²) in [4.78, 5) is 37.8. The van der Waals surface area contributed by atoms with E-state index in [0.717, 1.165) is 70.6 Å². The van der Waals surface area contributed by atoms with Crippen LogP contribution in [0.5, 0.6) is 0 Å². The van der Waals surface area contributed by atoms with Gasteiger partial charge in [0.05, 0.1) is 0 Å². The van der Waals surface area contributed by atoms with E-state index in [9.17, 15) is 14.4 Å². The first-order valence-corrected chi connectivity index (χ1v) is 24.3. The standard InChI is InChI=1S/C50H92O6/c1-4-7-10-13-16-19-21-23-24-25-27-28-31-34-37-40-43-49(52)55-46-47(45-54-48(51)42-39-36-33-30-18-15-12-9-6-3)56-50(53)44-41-38-35-32-29-26-22-20-17-14-11-8-5-2/h20,22,24-25,47H,4-19,21,23,26-46H2,1-3H3/b22-20-,25-24-/t47-/m1/s1. The number of carbonyl (C=O) groups is 3. The number of rotatable bonds is 44. The average molecular weight is 789 g/mol. The third-order valence-corrected chi connectivity index (χ3v) is 10.7. The lowest BCUT2D eigenvalue weighted by atomic mass is 10.1. The van der Waals surface area contributed by atoms with E-state index in [0.29, 0.717) is 19.3 Å². The van der Waals surface area contributed by atoms with Gasteiger partial charge in [-0.3, -0.25) is 14.4 Å². The fraction of sp³-hybridized carbons (Fsp3) is 0.860. The number of hydrogen-bond donors (Lipinski definition) is 0. The molecule has 0 saturated carbocycles. The molecule has 0 fully saturated rings. The van der Waals surface area contributed by atoms with Crippen molar-refractivity contribution < 1.29 is 28.6 Å². The molecule has 1 atom stereocenters. The summed E-state index contributed by atoms with van der Waals surface area (Å²) in [5.74, 6) is -0.887. The molecular weight excluding hydrogens is 697 g/mol. The number of esters is 3. The van der Waals surface area contributed by atoms with Gasteiger partial charge in [-0.25, -0.2) is 0 Å². The summed E-state index contributed by atoms with van der Waals surface area (Å²) in [6, 6.07) is 0. The van der Waals surface area contributed by atoms with E-state index < -0.39 is 6.10 Å². The van der Waals surface area contributed by atoms with Crippen molar-refractivity contribution in [3.63, 3.8) is 0 Å². The van der Waals surface area contributed by atoms with Crippen LogP contribution in [0.2, 0.25) is 0 Å². The molecule has 0 bridgehead atoms. The van der Waals surface area contributed by atoms with Crippen LogP contribution in [-0.4, -0.2) is 37.2 Å². The van der Waals surface area contributed by atoms with Gasteiger partial charge in [0.1, 0.15) is 13.2 Å². The second-order valence-electron chi connectivity index (χ2n) is 16.4. The number of hydrogen-bond acceptors (Lipinski definition) is 6. The van der Waals surface area contributed by atoms with Crippen molar-refractivity contribution in [2.75, 3.05) is 13.2 Å². The number of unbranched alkanes of at least 4 members (excludes halogenated alkanes) is 29. The van der Waals surface area contributed by atoms with Gasteiger partial charge in [-0.1, -0.05) is 193 Å². The smallest absolute Gasteiger partial charge is 0.306 e.